The third-order valence-corrected chi connectivity index (χ3v) is 4.47. The lowest BCUT2D eigenvalue weighted by atomic mass is 10.2. The fourth-order valence-corrected chi connectivity index (χ4v) is 2.90. The number of H-pyrrole nitrogens is 1. The van der Waals surface area contributed by atoms with Gasteiger partial charge in [-0.3, -0.25) is 20.0 Å². The molecule has 0 fully saturated rings. The number of nitrogens with one attached hydrogen (secondary N) is 2. The number of nitro groups is 1. The number of rotatable bonds is 6. The van der Waals surface area contributed by atoms with Gasteiger partial charge < -0.3 is 5.32 Å². The number of amides is 1. The van der Waals surface area contributed by atoms with Crippen LogP contribution in [0.3, 0.4) is 0 Å². The van der Waals surface area contributed by atoms with E-state index in [-0.39, 0.29) is 23.2 Å². The van der Waals surface area contributed by atoms with E-state index >= 15 is 0 Å². The maximum atomic E-state index is 13.8. The van der Waals surface area contributed by atoms with Crippen molar-refractivity contribution < 1.29 is 14.1 Å². The Bertz CT molecular complexity index is 1010. The zero-order valence-corrected chi connectivity index (χ0v) is 14.9. The molecule has 0 saturated heterocycles. The number of aromatic amines is 1. The van der Waals surface area contributed by atoms with Crippen molar-refractivity contribution in [1.29, 1.82) is 0 Å². The van der Waals surface area contributed by atoms with Crippen molar-refractivity contribution in [1.82, 2.24) is 15.2 Å². The number of halogens is 1. The Labute approximate surface area is 157 Å². The van der Waals surface area contributed by atoms with Gasteiger partial charge in [-0.15, -0.1) is 5.10 Å². The third kappa shape index (κ3) is 4.47. The molecule has 10 heteroatoms. The van der Waals surface area contributed by atoms with E-state index in [1.807, 2.05) is 0 Å². The van der Waals surface area contributed by atoms with Gasteiger partial charge in [0.15, 0.2) is 5.82 Å². The van der Waals surface area contributed by atoms with Crippen LogP contribution < -0.4 is 5.32 Å². The van der Waals surface area contributed by atoms with Crippen molar-refractivity contribution in [3.05, 3.63) is 64.0 Å². The van der Waals surface area contributed by atoms with Gasteiger partial charge >= 0.3 is 0 Å². The molecule has 0 aliphatic carbocycles. The lowest BCUT2D eigenvalue weighted by molar-refractivity contribution is -0.384. The number of nitro benzene ring substituents is 1. The molecular formula is C17H14FN5O3S. The molecule has 0 bridgehead atoms. The number of benzene rings is 2. The number of hydrogen-bond acceptors (Lipinski definition) is 6. The van der Waals surface area contributed by atoms with Gasteiger partial charge in [-0.1, -0.05) is 23.9 Å². The maximum absolute atomic E-state index is 13.8. The van der Waals surface area contributed by atoms with Gasteiger partial charge in [-0.05, 0) is 30.7 Å². The lowest BCUT2D eigenvalue weighted by Gasteiger charge is -2.07. The van der Waals surface area contributed by atoms with Crippen molar-refractivity contribution in [2.75, 3.05) is 11.1 Å². The summed E-state index contributed by atoms with van der Waals surface area (Å²) in [7, 11) is 0. The molecule has 0 saturated carbocycles. The molecule has 27 heavy (non-hydrogen) atoms. The summed E-state index contributed by atoms with van der Waals surface area (Å²) in [6, 6.07) is 10.4. The molecule has 8 nitrogen and oxygen atoms in total. The lowest BCUT2D eigenvalue weighted by Crippen LogP contribution is -2.15. The summed E-state index contributed by atoms with van der Waals surface area (Å²) in [6.45, 7) is 1.67. The number of aromatic nitrogens is 3. The van der Waals surface area contributed by atoms with Crippen LogP contribution in [0.5, 0.6) is 0 Å². The Balaban J connectivity index is 1.60. The monoisotopic (exact) mass is 387 g/mol. The Morgan fingerprint density at radius 2 is 2.11 bits per heavy atom. The smallest absolute Gasteiger partial charge is 0.269 e. The maximum Gasteiger partial charge on any atom is 0.269 e. The average Bonchev–Trinajstić information content (AvgIpc) is 3.10. The molecule has 3 rings (SSSR count). The van der Waals surface area contributed by atoms with Gasteiger partial charge in [0.25, 0.3) is 5.69 Å². The highest BCUT2D eigenvalue weighted by atomic mass is 32.2. The number of nitrogens with zero attached hydrogens (tertiary/aromatic N) is 3. The average molecular weight is 387 g/mol. The minimum absolute atomic E-state index is 0.0327. The third-order valence-electron chi connectivity index (χ3n) is 3.62. The minimum Gasteiger partial charge on any atom is -0.325 e. The van der Waals surface area contributed by atoms with E-state index in [0.717, 1.165) is 11.8 Å². The van der Waals surface area contributed by atoms with Crippen molar-refractivity contribution in [3.63, 3.8) is 0 Å². The highest BCUT2D eigenvalue weighted by Gasteiger charge is 2.13. The molecule has 0 radical (unpaired) electrons. The molecule has 0 atom stereocenters. The van der Waals surface area contributed by atoms with Crippen molar-refractivity contribution in [2.24, 2.45) is 0 Å². The first kappa shape index (κ1) is 18.5. The van der Waals surface area contributed by atoms with Crippen LogP contribution in [0.2, 0.25) is 0 Å². The molecule has 0 spiro atoms. The van der Waals surface area contributed by atoms with Crippen molar-refractivity contribution >= 4 is 29.0 Å². The van der Waals surface area contributed by atoms with E-state index in [1.54, 1.807) is 25.1 Å². The van der Waals surface area contributed by atoms with Crippen LogP contribution in [0, 0.1) is 22.9 Å². The summed E-state index contributed by atoms with van der Waals surface area (Å²) in [5.74, 6) is -0.418. The first-order valence-corrected chi connectivity index (χ1v) is 8.77. The van der Waals surface area contributed by atoms with Gasteiger partial charge in [-0.2, -0.15) is 0 Å². The number of aryl methyl sites for hydroxylation is 1. The summed E-state index contributed by atoms with van der Waals surface area (Å²) < 4.78 is 13.8. The Morgan fingerprint density at radius 3 is 2.81 bits per heavy atom. The number of carbonyl (C=O) groups excluding carboxylic acids is 1. The largest absolute Gasteiger partial charge is 0.325 e. The number of hydrogen-bond donors (Lipinski definition) is 2. The zero-order valence-electron chi connectivity index (χ0n) is 14.1. The van der Waals surface area contributed by atoms with Gasteiger partial charge in [0.2, 0.25) is 11.1 Å². The van der Waals surface area contributed by atoms with Crippen LogP contribution in [0.15, 0.2) is 47.6 Å². The van der Waals surface area contributed by atoms with Gasteiger partial charge in [0.05, 0.1) is 16.2 Å². The Kier molecular flexibility index (Phi) is 5.46. The summed E-state index contributed by atoms with van der Waals surface area (Å²) in [6.07, 6.45) is 0. The van der Waals surface area contributed by atoms with Gasteiger partial charge in [-0.25, -0.2) is 9.37 Å². The van der Waals surface area contributed by atoms with Crippen LogP contribution in [0.4, 0.5) is 15.8 Å². The number of non-ortho nitro benzene ring substituents is 1. The molecule has 0 aliphatic heterocycles. The zero-order chi connectivity index (χ0) is 19.4. The van der Waals surface area contributed by atoms with Crippen LogP contribution >= 0.6 is 11.8 Å². The van der Waals surface area contributed by atoms with E-state index in [4.69, 9.17) is 0 Å². The van der Waals surface area contributed by atoms with E-state index in [1.165, 1.54) is 24.3 Å². The second-order valence-corrected chi connectivity index (χ2v) is 6.48. The van der Waals surface area contributed by atoms with E-state index < -0.39 is 10.7 Å². The number of carbonyl (C=O) groups is 1. The predicted molar refractivity (Wildman–Crippen MR) is 99.0 cm³/mol. The van der Waals surface area contributed by atoms with Crippen LogP contribution in [-0.4, -0.2) is 31.8 Å². The highest BCUT2D eigenvalue weighted by Crippen LogP contribution is 2.23. The molecule has 0 unspecified atom stereocenters. The molecule has 3 aromatic rings. The molecule has 138 valence electrons. The van der Waals surface area contributed by atoms with Gasteiger partial charge in [0, 0.05) is 17.8 Å². The molecule has 1 heterocycles. The highest BCUT2D eigenvalue weighted by molar-refractivity contribution is 7.99. The normalized spacial score (nSPS) is 10.6. The van der Waals surface area contributed by atoms with E-state index in [0.29, 0.717) is 22.0 Å². The summed E-state index contributed by atoms with van der Waals surface area (Å²) in [5.41, 5.74) is 1.33. The Hall–Kier alpha value is -3.27. The predicted octanol–water partition coefficient (Wildman–Crippen LogP) is 3.56. The van der Waals surface area contributed by atoms with Crippen LogP contribution in [0.1, 0.15) is 5.56 Å². The summed E-state index contributed by atoms with van der Waals surface area (Å²) >= 11 is 1.09. The van der Waals surface area contributed by atoms with Gasteiger partial charge in [0.1, 0.15) is 5.82 Å². The minimum atomic E-state index is -0.495. The molecule has 2 aromatic carbocycles. The van der Waals surface area contributed by atoms with E-state index in [2.05, 4.69) is 20.5 Å². The molecular weight excluding hydrogens is 373 g/mol. The first-order chi connectivity index (χ1) is 12.9. The second-order valence-electron chi connectivity index (χ2n) is 5.54. The topological polar surface area (TPSA) is 114 Å². The summed E-state index contributed by atoms with van der Waals surface area (Å²) in [4.78, 5) is 26.5. The quantitative estimate of drug-likeness (QED) is 0.380. The first-order valence-electron chi connectivity index (χ1n) is 7.79. The molecule has 0 aliphatic rings. The molecule has 1 amide bonds. The number of anilines is 1. The summed E-state index contributed by atoms with van der Waals surface area (Å²) in [5, 5.41) is 20.4. The molecule has 1 aromatic heterocycles. The fraction of sp³-hybridized carbons (Fsp3) is 0.118. The van der Waals surface area contributed by atoms with Crippen LogP contribution in [-0.2, 0) is 4.79 Å². The van der Waals surface area contributed by atoms with Crippen LogP contribution in [0.25, 0.3) is 11.4 Å². The SMILES string of the molecule is Cc1cc([N+](=O)[O-])ccc1NC(=O)CSc1n[nH]c(-c2ccccc2F)n1. The molecule has 2 N–H and O–H groups in total. The standard InChI is InChI=1S/C17H14FN5O3S/c1-10-8-11(23(25)26)6-7-14(10)19-15(24)9-27-17-20-16(21-22-17)12-4-2-3-5-13(12)18/h2-8H,9H2,1H3,(H,19,24)(H,20,21,22). The number of thioether (sulfide) groups is 1. The fourth-order valence-electron chi connectivity index (χ4n) is 2.30. The van der Waals surface area contributed by atoms with E-state index in [9.17, 15) is 19.3 Å². The van der Waals surface area contributed by atoms with Crippen molar-refractivity contribution in [3.8, 4) is 11.4 Å². The van der Waals surface area contributed by atoms with Crippen molar-refractivity contribution in [2.45, 2.75) is 12.1 Å². The Morgan fingerprint density at radius 1 is 1.33 bits per heavy atom. The second kappa shape index (κ2) is 7.96.